The van der Waals surface area contributed by atoms with E-state index in [1.54, 1.807) is 6.08 Å². The molecule has 0 aromatic carbocycles. The highest BCUT2D eigenvalue weighted by Crippen LogP contribution is 2.58. The van der Waals surface area contributed by atoms with Crippen LogP contribution in [0.4, 0.5) is 0 Å². The Kier molecular flexibility index (Phi) is 2.54. The van der Waals surface area contributed by atoms with E-state index in [0.29, 0.717) is 5.92 Å². The van der Waals surface area contributed by atoms with E-state index in [1.807, 2.05) is 0 Å². The normalized spacial score (nSPS) is 47.1. The van der Waals surface area contributed by atoms with Crippen LogP contribution in [0.1, 0.15) is 39.0 Å². The Morgan fingerprint density at radius 3 is 2.12 bits per heavy atom. The number of allylic oxidation sites excluding steroid dienone is 2. The lowest BCUT2D eigenvalue weighted by Crippen LogP contribution is -2.46. The summed E-state index contributed by atoms with van der Waals surface area (Å²) in [5.41, 5.74) is 0. The van der Waals surface area contributed by atoms with Crippen molar-refractivity contribution in [1.82, 2.24) is 0 Å². The summed E-state index contributed by atoms with van der Waals surface area (Å²) in [4.78, 5) is 0. The van der Waals surface area contributed by atoms with Gasteiger partial charge in [0.25, 0.3) is 0 Å². The molecule has 0 heterocycles. The van der Waals surface area contributed by atoms with Crippen LogP contribution in [-0.4, -0.2) is 0 Å². The SMILES string of the molecule is CC(/C=C/C#N)C1C2CC3CC(C2)CC1C3. The highest BCUT2D eigenvalue weighted by atomic mass is 14.5. The van der Waals surface area contributed by atoms with Gasteiger partial charge in [-0.3, -0.25) is 0 Å². The summed E-state index contributed by atoms with van der Waals surface area (Å²) in [5, 5.41) is 8.63. The molecule has 1 atom stereocenters. The second-order valence-electron chi connectivity index (χ2n) is 6.36. The molecule has 1 unspecified atom stereocenters. The molecule has 86 valence electrons. The lowest BCUT2D eigenvalue weighted by molar-refractivity contribution is -0.0506. The molecule has 0 aliphatic heterocycles. The van der Waals surface area contributed by atoms with Crippen LogP contribution < -0.4 is 0 Å². The molecule has 0 N–H and O–H groups in total. The maximum atomic E-state index is 8.63. The highest BCUT2D eigenvalue weighted by molar-refractivity contribution is 5.08. The number of hydrogen-bond donors (Lipinski definition) is 0. The number of nitrogens with zero attached hydrogens (tertiary/aromatic N) is 1. The van der Waals surface area contributed by atoms with Crippen molar-refractivity contribution in [2.24, 2.45) is 35.5 Å². The van der Waals surface area contributed by atoms with Crippen molar-refractivity contribution in [2.45, 2.75) is 39.0 Å². The van der Waals surface area contributed by atoms with E-state index in [9.17, 15) is 0 Å². The lowest BCUT2D eigenvalue weighted by Gasteiger charge is -2.56. The molecule has 4 bridgehead atoms. The predicted molar refractivity (Wildman–Crippen MR) is 64.5 cm³/mol. The topological polar surface area (TPSA) is 23.8 Å². The predicted octanol–water partition coefficient (Wildman–Crippen LogP) is 3.77. The molecule has 0 amide bonds. The zero-order valence-corrected chi connectivity index (χ0v) is 10.1. The Hall–Kier alpha value is -0.770. The van der Waals surface area contributed by atoms with Gasteiger partial charge in [-0.2, -0.15) is 5.26 Å². The fraction of sp³-hybridized carbons (Fsp3) is 0.800. The summed E-state index contributed by atoms with van der Waals surface area (Å²) in [7, 11) is 0. The third kappa shape index (κ3) is 1.59. The Morgan fingerprint density at radius 2 is 1.62 bits per heavy atom. The maximum Gasteiger partial charge on any atom is 0.0908 e. The third-order valence-corrected chi connectivity index (χ3v) is 5.38. The first kappa shape index (κ1) is 10.4. The Bertz CT molecular complexity index is 308. The standard InChI is InChI=1S/C15H21N/c1-10(3-2-4-16)15-13-6-11-5-12(8-13)9-14(15)7-11/h2-3,10-15H,5-9H2,1H3/b3-2+. The molecule has 1 heteroatoms. The lowest BCUT2D eigenvalue weighted by atomic mass is 9.50. The summed E-state index contributed by atoms with van der Waals surface area (Å²) in [6, 6.07) is 2.14. The van der Waals surface area contributed by atoms with Crippen molar-refractivity contribution in [3.05, 3.63) is 12.2 Å². The van der Waals surface area contributed by atoms with Crippen molar-refractivity contribution in [3.8, 4) is 6.07 Å². The van der Waals surface area contributed by atoms with E-state index < -0.39 is 0 Å². The molecular formula is C15H21N. The molecule has 1 nitrogen and oxygen atoms in total. The fourth-order valence-electron chi connectivity index (χ4n) is 5.15. The monoisotopic (exact) mass is 215 g/mol. The minimum Gasteiger partial charge on any atom is -0.193 e. The van der Waals surface area contributed by atoms with E-state index in [0.717, 1.165) is 29.6 Å². The summed E-state index contributed by atoms with van der Waals surface area (Å²) >= 11 is 0. The summed E-state index contributed by atoms with van der Waals surface area (Å²) in [5.74, 6) is 5.59. The molecule has 16 heavy (non-hydrogen) atoms. The van der Waals surface area contributed by atoms with Gasteiger partial charge < -0.3 is 0 Å². The molecule has 0 radical (unpaired) electrons. The zero-order valence-electron chi connectivity index (χ0n) is 10.1. The third-order valence-electron chi connectivity index (χ3n) is 5.38. The first-order valence-corrected chi connectivity index (χ1v) is 6.84. The van der Waals surface area contributed by atoms with Crippen LogP contribution >= 0.6 is 0 Å². The first-order valence-electron chi connectivity index (χ1n) is 6.84. The van der Waals surface area contributed by atoms with Crippen molar-refractivity contribution in [2.75, 3.05) is 0 Å². The highest BCUT2D eigenvalue weighted by Gasteiger charge is 2.49. The van der Waals surface area contributed by atoms with E-state index in [2.05, 4.69) is 19.1 Å². The molecule has 0 aromatic heterocycles. The summed E-state index contributed by atoms with van der Waals surface area (Å²) in [6.07, 6.45) is 11.3. The van der Waals surface area contributed by atoms with Gasteiger partial charge in [-0.25, -0.2) is 0 Å². The number of rotatable bonds is 2. The van der Waals surface area contributed by atoms with Crippen molar-refractivity contribution in [3.63, 3.8) is 0 Å². The minimum absolute atomic E-state index is 0.620. The van der Waals surface area contributed by atoms with E-state index in [-0.39, 0.29) is 0 Å². The molecule has 4 saturated carbocycles. The van der Waals surface area contributed by atoms with Gasteiger partial charge in [0, 0.05) is 6.08 Å². The molecule has 4 rings (SSSR count). The van der Waals surface area contributed by atoms with Gasteiger partial charge in [-0.05, 0) is 67.6 Å². The molecular weight excluding hydrogens is 194 g/mol. The van der Waals surface area contributed by atoms with Crippen LogP contribution in [0, 0.1) is 46.8 Å². The minimum atomic E-state index is 0.620. The molecule has 0 aromatic rings. The largest absolute Gasteiger partial charge is 0.193 e. The van der Waals surface area contributed by atoms with Gasteiger partial charge in [0.2, 0.25) is 0 Å². The van der Waals surface area contributed by atoms with Crippen LogP contribution in [-0.2, 0) is 0 Å². The van der Waals surface area contributed by atoms with E-state index in [1.165, 1.54) is 32.1 Å². The molecule has 4 aliphatic rings. The molecule has 0 saturated heterocycles. The number of hydrogen-bond acceptors (Lipinski definition) is 1. The van der Waals surface area contributed by atoms with Crippen LogP contribution in [0.25, 0.3) is 0 Å². The van der Waals surface area contributed by atoms with Gasteiger partial charge in [-0.1, -0.05) is 13.0 Å². The smallest absolute Gasteiger partial charge is 0.0908 e. The quantitative estimate of drug-likeness (QED) is 0.643. The maximum absolute atomic E-state index is 8.63. The summed E-state index contributed by atoms with van der Waals surface area (Å²) < 4.78 is 0. The summed E-state index contributed by atoms with van der Waals surface area (Å²) in [6.45, 7) is 2.32. The average molecular weight is 215 g/mol. The van der Waals surface area contributed by atoms with Crippen LogP contribution in [0.15, 0.2) is 12.2 Å². The van der Waals surface area contributed by atoms with Gasteiger partial charge in [0.1, 0.15) is 0 Å². The van der Waals surface area contributed by atoms with Gasteiger partial charge >= 0.3 is 0 Å². The fourth-order valence-corrected chi connectivity index (χ4v) is 5.15. The van der Waals surface area contributed by atoms with Gasteiger partial charge in [-0.15, -0.1) is 0 Å². The van der Waals surface area contributed by atoms with Crippen molar-refractivity contribution >= 4 is 0 Å². The van der Waals surface area contributed by atoms with E-state index in [4.69, 9.17) is 5.26 Å². The van der Waals surface area contributed by atoms with E-state index >= 15 is 0 Å². The molecule has 4 aliphatic carbocycles. The van der Waals surface area contributed by atoms with Crippen LogP contribution in [0.3, 0.4) is 0 Å². The average Bonchev–Trinajstić information content (AvgIpc) is 2.24. The first-order chi connectivity index (χ1) is 7.78. The van der Waals surface area contributed by atoms with Gasteiger partial charge in [0.05, 0.1) is 6.07 Å². The van der Waals surface area contributed by atoms with Gasteiger partial charge in [0.15, 0.2) is 0 Å². The Morgan fingerprint density at radius 1 is 1.06 bits per heavy atom. The van der Waals surface area contributed by atoms with Crippen molar-refractivity contribution in [1.29, 1.82) is 5.26 Å². The Balaban J connectivity index is 1.77. The number of nitriles is 1. The van der Waals surface area contributed by atoms with Crippen LogP contribution in [0.5, 0.6) is 0 Å². The molecule has 0 spiro atoms. The second kappa shape index (κ2) is 3.91. The second-order valence-corrected chi connectivity index (χ2v) is 6.36. The Labute approximate surface area is 98.5 Å². The van der Waals surface area contributed by atoms with Crippen LogP contribution in [0.2, 0.25) is 0 Å². The van der Waals surface area contributed by atoms with Crippen molar-refractivity contribution < 1.29 is 0 Å². The molecule has 4 fully saturated rings. The zero-order chi connectivity index (χ0) is 11.1.